The third-order valence-corrected chi connectivity index (χ3v) is 4.56. The first-order valence-electron chi connectivity index (χ1n) is 7.29. The minimum Gasteiger partial charge on any atom is -0.465 e. The first kappa shape index (κ1) is 16.2. The fourth-order valence-corrected chi connectivity index (χ4v) is 3.28. The number of ether oxygens (including phenoxy) is 1. The summed E-state index contributed by atoms with van der Waals surface area (Å²) in [6.07, 6.45) is 4.05. The van der Waals surface area contributed by atoms with E-state index < -0.39 is 12.0 Å². The second-order valence-corrected chi connectivity index (χ2v) is 6.18. The standard InChI is InChI=1S/C15H15N3O5S/c1-22-14(21)11-8-16-15(24-11)17-12(19)9-4-2-6-18(9)13(20)10-5-3-7-23-10/h3,5,7-9H,2,4,6H2,1H3,(H,16,17,19)/t9-/m0/s1. The molecule has 2 aromatic rings. The maximum atomic E-state index is 12.5. The van der Waals surface area contributed by atoms with Crippen molar-refractivity contribution in [1.82, 2.24) is 9.88 Å². The number of esters is 1. The van der Waals surface area contributed by atoms with Gasteiger partial charge >= 0.3 is 5.97 Å². The summed E-state index contributed by atoms with van der Waals surface area (Å²) in [6, 6.07) is 2.61. The van der Waals surface area contributed by atoms with E-state index in [4.69, 9.17) is 4.42 Å². The highest BCUT2D eigenvalue weighted by Gasteiger charge is 2.35. The highest BCUT2D eigenvalue weighted by atomic mass is 32.1. The summed E-state index contributed by atoms with van der Waals surface area (Å²) < 4.78 is 9.71. The molecule has 0 radical (unpaired) electrons. The zero-order valence-electron chi connectivity index (χ0n) is 12.9. The Labute approximate surface area is 141 Å². The van der Waals surface area contributed by atoms with Crippen LogP contribution < -0.4 is 5.32 Å². The highest BCUT2D eigenvalue weighted by molar-refractivity contribution is 7.17. The predicted octanol–water partition coefficient (Wildman–Crippen LogP) is 1.77. The SMILES string of the molecule is COC(=O)c1cnc(NC(=O)[C@@H]2CCCN2C(=O)c2ccco2)s1. The van der Waals surface area contributed by atoms with Gasteiger partial charge in [0.05, 0.1) is 19.6 Å². The van der Waals surface area contributed by atoms with E-state index in [1.807, 2.05) is 0 Å². The van der Waals surface area contributed by atoms with Crippen LogP contribution in [0.4, 0.5) is 5.13 Å². The average Bonchev–Trinajstić information content (AvgIpc) is 3.32. The molecule has 0 saturated carbocycles. The van der Waals surface area contributed by atoms with Gasteiger partial charge in [0, 0.05) is 6.54 Å². The zero-order chi connectivity index (χ0) is 17.1. The fourth-order valence-electron chi connectivity index (χ4n) is 2.54. The Balaban J connectivity index is 1.68. The van der Waals surface area contributed by atoms with E-state index in [9.17, 15) is 14.4 Å². The minimum absolute atomic E-state index is 0.205. The second kappa shape index (κ2) is 6.83. The Morgan fingerprint density at radius 2 is 2.29 bits per heavy atom. The van der Waals surface area contributed by atoms with Crippen LogP contribution in [-0.2, 0) is 9.53 Å². The number of methoxy groups -OCH3 is 1. The number of carbonyl (C=O) groups is 3. The summed E-state index contributed by atoms with van der Waals surface area (Å²) in [4.78, 5) is 42.0. The molecule has 0 unspecified atom stereocenters. The molecule has 9 heteroatoms. The van der Waals surface area contributed by atoms with Crippen LogP contribution in [0.25, 0.3) is 0 Å². The van der Waals surface area contributed by atoms with Crippen LogP contribution in [-0.4, -0.2) is 47.4 Å². The van der Waals surface area contributed by atoms with E-state index in [1.165, 1.54) is 24.5 Å². The molecule has 1 atom stereocenters. The van der Waals surface area contributed by atoms with Gasteiger partial charge in [-0.15, -0.1) is 0 Å². The van der Waals surface area contributed by atoms with Crippen molar-refractivity contribution in [3.05, 3.63) is 35.2 Å². The molecule has 126 valence electrons. The summed E-state index contributed by atoms with van der Waals surface area (Å²) in [5.74, 6) is -0.953. The third kappa shape index (κ3) is 3.16. The lowest BCUT2D eigenvalue weighted by Gasteiger charge is -2.22. The molecular formula is C15H15N3O5S. The van der Waals surface area contributed by atoms with Crippen molar-refractivity contribution in [2.45, 2.75) is 18.9 Å². The van der Waals surface area contributed by atoms with Crippen molar-refractivity contribution in [3.63, 3.8) is 0 Å². The molecule has 2 amide bonds. The Morgan fingerprint density at radius 1 is 1.46 bits per heavy atom. The maximum Gasteiger partial charge on any atom is 0.349 e. The summed E-state index contributed by atoms with van der Waals surface area (Å²) in [5.41, 5.74) is 0. The molecular weight excluding hydrogens is 334 g/mol. The largest absolute Gasteiger partial charge is 0.465 e. The lowest BCUT2D eigenvalue weighted by molar-refractivity contribution is -0.119. The quantitative estimate of drug-likeness (QED) is 0.844. The van der Waals surface area contributed by atoms with Crippen molar-refractivity contribution in [2.24, 2.45) is 0 Å². The van der Waals surface area contributed by atoms with E-state index in [-0.39, 0.29) is 22.7 Å². The number of thiazole rings is 1. The molecule has 1 saturated heterocycles. The average molecular weight is 349 g/mol. The van der Waals surface area contributed by atoms with Gasteiger partial charge in [-0.3, -0.25) is 9.59 Å². The molecule has 0 spiro atoms. The molecule has 0 aromatic carbocycles. The van der Waals surface area contributed by atoms with Gasteiger partial charge in [-0.1, -0.05) is 11.3 Å². The van der Waals surface area contributed by atoms with Crippen LogP contribution in [0.5, 0.6) is 0 Å². The zero-order valence-corrected chi connectivity index (χ0v) is 13.7. The van der Waals surface area contributed by atoms with Gasteiger partial charge < -0.3 is 19.4 Å². The van der Waals surface area contributed by atoms with E-state index in [2.05, 4.69) is 15.0 Å². The lowest BCUT2D eigenvalue weighted by atomic mass is 10.2. The second-order valence-electron chi connectivity index (χ2n) is 5.14. The number of likely N-dealkylation sites (tertiary alicyclic amines) is 1. The molecule has 0 aliphatic carbocycles. The Hall–Kier alpha value is -2.68. The number of carbonyl (C=O) groups excluding carboxylic acids is 3. The van der Waals surface area contributed by atoms with Gasteiger partial charge in [0.15, 0.2) is 10.9 Å². The number of rotatable bonds is 4. The van der Waals surface area contributed by atoms with Gasteiger partial charge in [-0.2, -0.15) is 0 Å². The minimum atomic E-state index is -0.590. The number of hydrogen-bond donors (Lipinski definition) is 1. The summed E-state index contributed by atoms with van der Waals surface area (Å²) in [5, 5.41) is 2.94. The van der Waals surface area contributed by atoms with Crippen LogP contribution in [0, 0.1) is 0 Å². The highest BCUT2D eigenvalue weighted by Crippen LogP contribution is 2.24. The molecule has 24 heavy (non-hydrogen) atoms. The summed E-state index contributed by atoms with van der Waals surface area (Å²) >= 11 is 1.02. The van der Waals surface area contributed by atoms with Crippen LogP contribution in [0.2, 0.25) is 0 Å². The summed E-state index contributed by atoms with van der Waals surface area (Å²) in [6.45, 7) is 0.489. The summed E-state index contributed by atoms with van der Waals surface area (Å²) in [7, 11) is 1.27. The van der Waals surface area contributed by atoms with E-state index in [0.29, 0.717) is 17.8 Å². The smallest absolute Gasteiger partial charge is 0.349 e. The predicted molar refractivity (Wildman–Crippen MR) is 84.8 cm³/mol. The molecule has 8 nitrogen and oxygen atoms in total. The van der Waals surface area contributed by atoms with Crippen LogP contribution in [0.3, 0.4) is 0 Å². The maximum absolute atomic E-state index is 12.5. The first-order valence-corrected chi connectivity index (χ1v) is 8.11. The number of anilines is 1. The number of nitrogens with zero attached hydrogens (tertiary/aromatic N) is 2. The van der Waals surface area contributed by atoms with E-state index in [1.54, 1.807) is 12.1 Å². The molecule has 3 rings (SSSR count). The molecule has 1 N–H and O–H groups in total. The number of furan rings is 1. The number of aromatic nitrogens is 1. The number of hydrogen-bond acceptors (Lipinski definition) is 7. The molecule has 1 aliphatic heterocycles. The van der Waals surface area contributed by atoms with Crippen molar-refractivity contribution in [2.75, 3.05) is 19.0 Å². The van der Waals surface area contributed by atoms with Crippen molar-refractivity contribution >= 4 is 34.3 Å². The topological polar surface area (TPSA) is 102 Å². The van der Waals surface area contributed by atoms with Crippen molar-refractivity contribution in [1.29, 1.82) is 0 Å². The van der Waals surface area contributed by atoms with Gasteiger partial charge in [-0.25, -0.2) is 9.78 Å². The molecule has 2 aromatic heterocycles. The Kier molecular flexibility index (Phi) is 4.61. The van der Waals surface area contributed by atoms with Crippen LogP contribution in [0.1, 0.15) is 33.1 Å². The normalized spacial score (nSPS) is 16.9. The number of amides is 2. The molecule has 0 bridgehead atoms. The monoisotopic (exact) mass is 349 g/mol. The van der Waals surface area contributed by atoms with Gasteiger partial charge in [0.2, 0.25) is 5.91 Å². The van der Waals surface area contributed by atoms with Crippen LogP contribution in [0.15, 0.2) is 29.0 Å². The van der Waals surface area contributed by atoms with Crippen molar-refractivity contribution in [3.8, 4) is 0 Å². The Morgan fingerprint density at radius 3 is 3.00 bits per heavy atom. The van der Waals surface area contributed by atoms with Gasteiger partial charge in [0.1, 0.15) is 10.9 Å². The molecule has 1 aliphatic rings. The van der Waals surface area contributed by atoms with E-state index >= 15 is 0 Å². The fraction of sp³-hybridized carbons (Fsp3) is 0.333. The van der Waals surface area contributed by atoms with Crippen LogP contribution >= 0.6 is 11.3 Å². The molecule has 3 heterocycles. The molecule has 1 fully saturated rings. The van der Waals surface area contributed by atoms with Gasteiger partial charge in [-0.05, 0) is 25.0 Å². The van der Waals surface area contributed by atoms with Crippen molar-refractivity contribution < 1.29 is 23.5 Å². The Bertz CT molecular complexity index is 755. The first-order chi connectivity index (χ1) is 11.6. The van der Waals surface area contributed by atoms with E-state index in [0.717, 1.165) is 17.8 Å². The third-order valence-electron chi connectivity index (χ3n) is 3.67. The lowest BCUT2D eigenvalue weighted by Crippen LogP contribution is -2.43. The number of nitrogens with one attached hydrogen (secondary N) is 1. The van der Waals surface area contributed by atoms with Gasteiger partial charge in [0.25, 0.3) is 5.91 Å².